The number of hydrogen-bond acceptors (Lipinski definition) is 5. The van der Waals surface area contributed by atoms with Crippen LogP contribution in [0.1, 0.15) is 18.9 Å². The summed E-state index contributed by atoms with van der Waals surface area (Å²) in [6, 6.07) is 4.91. The van der Waals surface area contributed by atoms with Crippen molar-refractivity contribution in [3.63, 3.8) is 0 Å². The standard InChI is InChI=1S/C12H19BO5S/c1-3-19(16,17)8-4-7-18-11-5-6-12(13(14)15)10(2)9-11/h5-6,9,14-15H,3-4,7-8H2,1-2H3. The molecule has 5 nitrogen and oxygen atoms in total. The van der Waals surface area contributed by atoms with Crippen molar-refractivity contribution < 1.29 is 23.2 Å². The summed E-state index contributed by atoms with van der Waals surface area (Å²) in [6.07, 6.45) is 0.444. The lowest BCUT2D eigenvalue weighted by Gasteiger charge is -2.09. The van der Waals surface area contributed by atoms with Crippen LogP contribution in [0.3, 0.4) is 0 Å². The number of benzene rings is 1. The van der Waals surface area contributed by atoms with E-state index in [1.54, 1.807) is 32.0 Å². The first-order valence-electron chi connectivity index (χ1n) is 6.15. The molecule has 0 amide bonds. The zero-order chi connectivity index (χ0) is 14.5. The van der Waals surface area contributed by atoms with E-state index in [1.807, 2.05) is 0 Å². The van der Waals surface area contributed by atoms with E-state index in [9.17, 15) is 8.42 Å². The summed E-state index contributed by atoms with van der Waals surface area (Å²) < 4.78 is 28.0. The summed E-state index contributed by atoms with van der Waals surface area (Å²) in [7, 11) is -4.44. The van der Waals surface area contributed by atoms with Crippen LogP contribution >= 0.6 is 0 Å². The molecule has 0 aliphatic heterocycles. The summed E-state index contributed by atoms with van der Waals surface area (Å²) in [5.74, 6) is 0.862. The highest BCUT2D eigenvalue weighted by Gasteiger charge is 2.14. The van der Waals surface area contributed by atoms with Gasteiger partial charge in [0.25, 0.3) is 0 Å². The second kappa shape index (κ2) is 6.93. The Morgan fingerprint density at radius 2 is 2.00 bits per heavy atom. The molecule has 1 aromatic rings. The van der Waals surface area contributed by atoms with E-state index in [4.69, 9.17) is 14.8 Å². The van der Waals surface area contributed by atoms with E-state index in [0.717, 1.165) is 0 Å². The van der Waals surface area contributed by atoms with Gasteiger partial charge in [0.05, 0.1) is 12.4 Å². The van der Waals surface area contributed by atoms with Gasteiger partial charge in [-0.25, -0.2) is 8.42 Å². The van der Waals surface area contributed by atoms with Crippen molar-refractivity contribution >= 4 is 22.4 Å². The first kappa shape index (κ1) is 16.0. The molecule has 0 radical (unpaired) electrons. The number of sulfone groups is 1. The van der Waals surface area contributed by atoms with Gasteiger partial charge in [-0.2, -0.15) is 0 Å². The number of aryl methyl sites for hydroxylation is 1. The minimum absolute atomic E-state index is 0.121. The quantitative estimate of drug-likeness (QED) is 0.539. The highest BCUT2D eigenvalue weighted by atomic mass is 32.2. The Morgan fingerprint density at radius 3 is 2.53 bits per heavy atom. The summed E-state index contributed by atoms with van der Waals surface area (Å²) in [4.78, 5) is 0. The molecule has 0 unspecified atom stereocenters. The highest BCUT2D eigenvalue weighted by Crippen LogP contribution is 2.12. The van der Waals surface area contributed by atoms with Gasteiger partial charge in [0.2, 0.25) is 0 Å². The van der Waals surface area contributed by atoms with Crippen molar-refractivity contribution in [3.05, 3.63) is 23.8 Å². The largest absolute Gasteiger partial charge is 0.494 e. The van der Waals surface area contributed by atoms with Gasteiger partial charge in [-0.1, -0.05) is 13.0 Å². The summed E-state index contributed by atoms with van der Waals surface area (Å²) in [5, 5.41) is 18.1. The van der Waals surface area contributed by atoms with Crippen molar-refractivity contribution in [2.45, 2.75) is 20.3 Å². The van der Waals surface area contributed by atoms with Crippen LogP contribution in [0.2, 0.25) is 0 Å². The maximum absolute atomic E-state index is 11.3. The minimum atomic E-state index is -2.95. The van der Waals surface area contributed by atoms with Crippen LogP contribution in [-0.2, 0) is 9.84 Å². The lowest BCUT2D eigenvalue weighted by Crippen LogP contribution is -2.31. The predicted octanol–water partition coefficient (Wildman–Crippen LogP) is -0.122. The van der Waals surface area contributed by atoms with E-state index in [1.165, 1.54) is 0 Å². The van der Waals surface area contributed by atoms with Gasteiger partial charge >= 0.3 is 7.12 Å². The lowest BCUT2D eigenvalue weighted by atomic mass is 9.77. The molecule has 0 spiro atoms. The third-order valence-electron chi connectivity index (χ3n) is 2.83. The second-order valence-corrected chi connectivity index (χ2v) is 6.80. The maximum Gasteiger partial charge on any atom is 0.488 e. The van der Waals surface area contributed by atoms with Gasteiger partial charge in [0.1, 0.15) is 15.6 Å². The fraction of sp³-hybridized carbons (Fsp3) is 0.500. The minimum Gasteiger partial charge on any atom is -0.494 e. The van der Waals surface area contributed by atoms with E-state index >= 15 is 0 Å². The van der Waals surface area contributed by atoms with Gasteiger partial charge in [0, 0.05) is 5.75 Å². The SMILES string of the molecule is CCS(=O)(=O)CCCOc1ccc(B(O)O)c(C)c1. The van der Waals surface area contributed by atoms with E-state index in [-0.39, 0.29) is 11.5 Å². The smallest absolute Gasteiger partial charge is 0.488 e. The van der Waals surface area contributed by atoms with Crippen LogP contribution in [-0.4, -0.2) is 43.7 Å². The zero-order valence-corrected chi connectivity index (χ0v) is 12.0. The fourth-order valence-corrected chi connectivity index (χ4v) is 2.49. The first-order chi connectivity index (χ1) is 8.85. The normalized spacial score (nSPS) is 11.4. The van der Waals surface area contributed by atoms with E-state index < -0.39 is 17.0 Å². The van der Waals surface area contributed by atoms with E-state index in [0.29, 0.717) is 29.8 Å². The van der Waals surface area contributed by atoms with Gasteiger partial charge in [-0.05, 0) is 36.5 Å². The van der Waals surface area contributed by atoms with Crippen LogP contribution < -0.4 is 10.2 Å². The maximum atomic E-state index is 11.3. The Kier molecular flexibility index (Phi) is 5.84. The summed E-state index contributed by atoms with van der Waals surface area (Å²) in [5.41, 5.74) is 1.15. The van der Waals surface area contributed by atoms with Gasteiger partial charge < -0.3 is 14.8 Å². The van der Waals surface area contributed by atoms with Crippen LogP contribution in [0, 0.1) is 6.92 Å². The summed E-state index contributed by atoms with van der Waals surface area (Å²) in [6.45, 7) is 3.70. The van der Waals surface area contributed by atoms with Gasteiger partial charge in [0.15, 0.2) is 0 Å². The molecule has 0 aliphatic carbocycles. The molecule has 0 heterocycles. The average Bonchev–Trinajstić information content (AvgIpc) is 2.34. The Hall–Kier alpha value is -1.05. The molecule has 2 N–H and O–H groups in total. The molecule has 0 saturated heterocycles. The Balaban J connectivity index is 2.49. The van der Waals surface area contributed by atoms with Crippen LogP contribution in [0.4, 0.5) is 0 Å². The third-order valence-corrected chi connectivity index (χ3v) is 4.62. The Morgan fingerprint density at radius 1 is 1.32 bits per heavy atom. The zero-order valence-electron chi connectivity index (χ0n) is 11.2. The van der Waals surface area contributed by atoms with Crippen LogP contribution in [0.25, 0.3) is 0 Å². The molecule has 106 valence electrons. The molecule has 0 aliphatic rings. The topological polar surface area (TPSA) is 83.8 Å². The Labute approximate surface area is 114 Å². The van der Waals surface area contributed by atoms with Gasteiger partial charge in [-0.15, -0.1) is 0 Å². The van der Waals surface area contributed by atoms with Crippen molar-refractivity contribution in [2.24, 2.45) is 0 Å². The number of rotatable bonds is 7. The second-order valence-electron chi connectivity index (χ2n) is 4.33. The molecule has 0 atom stereocenters. The Bertz CT molecular complexity index is 513. The van der Waals surface area contributed by atoms with Crippen molar-refractivity contribution in [1.29, 1.82) is 0 Å². The van der Waals surface area contributed by atoms with Crippen molar-refractivity contribution in [1.82, 2.24) is 0 Å². The molecule has 0 fully saturated rings. The predicted molar refractivity (Wildman–Crippen MR) is 75.4 cm³/mol. The molecule has 1 rings (SSSR count). The third kappa shape index (κ3) is 5.22. The average molecular weight is 286 g/mol. The lowest BCUT2D eigenvalue weighted by molar-refractivity contribution is 0.317. The molecule has 1 aromatic carbocycles. The summed E-state index contributed by atoms with van der Waals surface area (Å²) >= 11 is 0. The number of hydrogen-bond donors (Lipinski definition) is 2. The molecule has 0 bridgehead atoms. The molecule has 0 saturated carbocycles. The molecule has 0 aromatic heterocycles. The van der Waals surface area contributed by atoms with E-state index in [2.05, 4.69) is 0 Å². The molecule has 7 heteroatoms. The monoisotopic (exact) mass is 286 g/mol. The highest BCUT2D eigenvalue weighted by molar-refractivity contribution is 7.91. The van der Waals surface area contributed by atoms with Crippen molar-refractivity contribution in [3.8, 4) is 5.75 Å². The molecule has 19 heavy (non-hydrogen) atoms. The fourth-order valence-electron chi connectivity index (χ4n) is 1.64. The van der Waals surface area contributed by atoms with Crippen LogP contribution in [0.15, 0.2) is 18.2 Å². The van der Waals surface area contributed by atoms with Crippen LogP contribution in [0.5, 0.6) is 5.75 Å². The number of ether oxygens (including phenoxy) is 1. The molecular formula is C12H19BO5S. The first-order valence-corrected chi connectivity index (χ1v) is 7.98. The molecular weight excluding hydrogens is 267 g/mol. The van der Waals surface area contributed by atoms with Crippen molar-refractivity contribution in [2.75, 3.05) is 18.1 Å². The van der Waals surface area contributed by atoms with Gasteiger partial charge in [-0.3, -0.25) is 0 Å².